The minimum atomic E-state index is -4.58. The summed E-state index contributed by atoms with van der Waals surface area (Å²) in [5, 5.41) is 0.0496. The molecule has 9 nitrogen and oxygen atoms in total. The third kappa shape index (κ3) is 6.11. The summed E-state index contributed by atoms with van der Waals surface area (Å²) >= 11 is 0.842. The maximum Gasteiger partial charge on any atom is 0.416 e. The number of sulfonamides is 1. The molecular formula is C26H21F3N4O5S2. The monoisotopic (exact) mass is 590 g/mol. The topological polar surface area (TPSA) is 95.2 Å². The van der Waals surface area contributed by atoms with Crippen LogP contribution in [-0.2, 0) is 22.7 Å². The van der Waals surface area contributed by atoms with Crippen LogP contribution < -0.4 is 18.5 Å². The number of ether oxygens (including phenoxy) is 3. The number of anilines is 1. The predicted octanol–water partition coefficient (Wildman–Crippen LogP) is 6.62. The summed E-state index contributed by atoms with van der Waals surface area (Å²) in [6, 6.07) is 11.7. The number of aromatic nitrogens is 2. The number of methoxy groups -OCH3 is 2. The molecule has 3 aromatic carbocycles. The van der Waals surface area contributed by atoms with Crippen LogP contribution in [0.1, 0.15) is 16.7 Å². The molecule has 0 saturated heterocycles. The molecule has 0 aliphatic rings. The molecule has 0 aliphatic heterocycles. The van der Waals surface area contributed by atoms with Crippen molar-refractivity contribution in [2.75, 3.05) is 18.5 Å². The second-order valence-corrected chi connectivity index (χ2v) is 10.9. The van der Waals surface area contributed by atoms with Gasteiger partial charge in [0.15, 0.2) is 0 Å². The summed E-state index contributed by atoms with van der Waals surface area (Å²) in [6.07, 6.45) is -3.37. The summed E-state index contributed by atoms with van der Waals surface area (Å²) in [5.74, 6) is 0.756. The maximum absolute atomic E-state index is 13.9. The van der Waals surface area contributed by atoms with Gasteiger partial charge in [0, 0.05) is 23.2 Å². The van der Waals surface area contributed by atoms with Gasteiger partial charge in [-0.2, -0.15) is 17.5 Å². The highest BCUT2D eigenvalue weighted by atomic mass is 32.2. The van der Waals surface area contributed by atoms with Gasteiger partial charge in [-0.15, -0.1) is 0 Å². The first-order chi connectivity index (χ1) is 19.0. The third-order valence-electron chi connectivity index (χ3n) is 5.60. The lowest BCUT2D eigenvalue weighted by Gasteiger charge is -2.23. The molecule has 0 fully saturated rings. The summed E-state index contributed by atoms with van der Waals surface area (Å²) in [7, 11) is -1.47. The van der Waals surface area contributed by atoms with Crippen molar-refractivity contribution >= 4 is 32.4 Å². The smallest absolute Gasteiger partial charge is 0.416 e. The molecule has 0 saturated carbocycles. The molecule has 0 spiro atoms. The van der Waals surface area contributed by atoms with Crippen LogP contribution in [-0.4, -0.2) is 32.0 Å². The molecule has 0 radical (unpaired) electrons. The van der Waals surface area contributed by atoms with Crippen LogP contribution in [0.4, 0.5) is 24.0 Å². The van der Waals surface area contributed by atoms with Crippen LogP contribution in [0.5, 0.6) is 23.0 Å². The van der Waals surface area contributed by atoms with E-state index in [9.17, 15) is 21.6 Å². The van der Waals surface area contributed by atoms with Crippen LogP contribution in [0.15, 0.2) is 65.8 Å². The second kappa shape index (κ2) is 11.4. The van der Waals surface area contributed by atoms with E-state index >= 15 is 0 Å². The minimum Gasteiger partial charge on any atom is -0.497 e. The SMILES string of the molecule is [C-]#[N+]c1cc(Oc2cc(C)cc(C(F)(F)F)c2)ccc1S(=O)(=O)N(Cc1ccc(OC)cc1OC)c1ncns1. The number of nitrogens with zero attached hydrogens (tertiary/aromatic N) is 4. The molecule has 0 N–H and O–H groups in total. The lowest BCUT2D eigenvalue weighted by molar-refractivity contribution is -0.137. The molecule has 208 valence electrons. The zero-order valence-corrected chi connectivity index (χ0v) is 22.9. The first kappa shape index (κ1) is 28.7. The van der Waals surface area contributed by atoms with Gasteiger partial charge in [0.25, 0.3) is 10.0 Å². The quantitative estimate of drug-likeness (QED) is 0.202. The van der Waals surface area contributed by atoms with Gasteiger partial charge in [-0.3, -0.25) is 0 Å². The Morgan fingerprint density at radius 1 is 1.00 bits per heavy atom. The minimum absolute atomic E-state index is 0.0111. The fourth-order valence-corrected chi connectivity index (χ4v) is 6.00. The fourth-order valence-electron chi connectivity index (χ4n) is 3.76. The molecule has 40 heavy (non-hydrogen) atoms. The molecule has 1 heterocycles. The summed E-state index contributed by atoms with van der Waals surface area (Å²) in [5.41, 5.74) is -0.381. The van der Waals surface area contributed by atoms with Crippen molar-refractivity contribution < 1.29 is 35.8 Å². The molecule has 4 rings (SSSR count). The van der Waals surface area contributed by atoms with Gasteiger partial charge < -0.3 is 14.2 Å². The van der Waals surface area contributed by atoms with Gasteiger partial charge in [0.1, 0.15) is 29.3 Å². The number of alkyl halides is 3. The van der Waals surface area contributed by atoms with E-state index in [1.807, 2.05) is 0 Å². The molecule has 14 heteroatoms. The van der Waals surface area contributed by atoms with Gasteiger partial charge in [-0.1, -0.05) is 0 Å². The first-order valence-corrected chi connectivity index (χ1v) is 13.6. The zero-order chi connectivity index (χ0) is 29.1. The number of halogens is 3. The fraction of sp³-hybridized carbons (Fsp3) is 0.192. The average Bonchev–Trinajstić information content (AvgIpc) is 3.45. The van der Waals surface area contributed by atoms with E-state index in [0.29, 0.717) is 22.6 Å². The van der Waals surface area contributed by atoms with Gasteiger partial charge in [-0.25, -0.2) is 22.6 Å². The molecule has 0 aliphatic carbocycles. The lowest BCUT2D eigenvalue weighted by atomic mass is 10.1. The summed E-state index contributed by atoms with van der Waals surface area (Å²) in [4.78, 5) is 7.06. The Balaban J connectivity index is 1.72. The van der Waals surface area contributed by atoms with Crippen molar-refractivity contribution in [3.05, 3.63) is 89.0 Å². The van der Waals surface area contributed by atoms with Crippen LogP contribution in [0.2, 0.25) is 0 Å². The van der Waals surface area contributed by atoms with Crippen molar-refractivity contribution in [3.8, 4) is 23.0 Å². The zero-order valence-electron chi connectivity index (χ0n) is 21.3. The van der Waals surface area contributed by atoms with Gasteiger partial charge in [0.05, 0.1) is 37.8 Å². The van der Waals surface area contributed by atoms with Crippen LogP contribution in [0.25, 0.3) is 4.85 Å². The Morgan fingerprint density at radius 3 is 2.38 bits per heavy atom. The first-order valence-electron chi connectivity index (χ1n) is 11.3. The van der Waals surface area contributed by atoms with E-state index < -0.39 is 21.8 Å². The lowest BCUT2D eigenvalue weighted by Crippen LogP contribution is -2.30. The van der Waals surface area contributed by atoms with E-state index in [0.717, 1.165) is 40.1 Å². The average molecular weight is 591 g/mol. The molecule has 0 unspecified atom stereocenters. The largest absolute Gasteiger partial charge is 0.497 e. The molecule has 4 aromatic rings. The standard InChI is InChI=1S/C26H21F3N4O5S2/c1-16-9-18(26(27,28)29)11-21(10-16)38-20-7-8-24(22(12-20)30-2)40(34,35)33(25-31-15-32-39-25)14-17-5-6-19(36-3)13-23(17)37-4/h5-13,15H,14H2,1,3-4H3. The Labute approximate surface area is 232 Å². The molecule has 1 aromatic heterocycles. The Kier molecular flexibility index (Phi) is 8.17. The molecule has 0 amide bonds. The normalized spacial score (nSPS) is 11.5. The van der Waals surface area contributed by atoms with E-state index in [4.69, 9.17) is 20.8 Å². The second-order valence-electron chi connectivity index (χ2n) is 8.29. The maximum atomic E-state index is 13.9. The number of rotatable bonds is 9. The molecule has 0 bridgehead atoms. The number of benzene rings is 3. The van der Waals surface area contributed by atoms with E-state index in [-0.39, 0.29) is 33.8 Å². The highest BCUT2D eigenvalue weighted by molar-refractivity contribution is 7.93. The van der Waals surface area contributed by atoms with Crippen molar-refractivity contribution in [3.63, 3.8) is 0 Å². The molecule has 0 atom stereocenters. The van der Waals surface area contributed by atoms with Gasteiger partial charge >= 0.3 is 6.18 Å². The molecular weight excluding hydrogens is 569 g/mol. The van der Waals surface area contributed by atoms with Crippen LogP contribution >= 0.6 is 11.5 Å². The summed E-state index contributed by atoms with van der Waals surface area (Å²) < 4.78 is 88.6. The number of aryl methyl sites for hydroxylation is 1. The van der Waals surface area contributed by atoms with E-state index in [2.05, 4.69) is 14.2 Å². The Morgan fingerprint density at radius 2 is 1.75 bits per heavy atom. The van der Waals surface area contributed by atoms with Crippen molar-refractivity contribution in [1.29, 1.82) is 0 Å². The van der Waals surface area contributed by atoms with Gasteiger partial charge in [-0.05, 0) is 61.0 Å². The van der Waals surface area contributed by atoms with Crippen molar-refractivity contribution in [2.45, 2.75) is 24.5 Å². The summed E-state index contributed by atoms with van der Waals surface area (Å²) in [6.45, 7) is 8.90. The Bertz CT molecular complexity index is 1670. The van der Waals surface area contributed by atoms with Crippen LogP contribution in [0, 0.1) is 13.5 Å². The van der Waals surface area contributed by atoms with Gasteiger partial charge in [0.2, 0.25) is 10.8 Å². The van der Waals surface area contributed by atoms with E-state index in [1.165, 1.54) is 39.6 Å². The highest BCUT2D eigenvalue weighted by Gasteiger charge is 2.32. The van der Waals surface area contributed by atoms with E-state index in [1.54, 1.807) is 18.2 Å². The highest BCUT2D eigenvalue weighted by Crippen LogP contribution is 2.38. The van der Waals surface area contributed by atoms with Crippen molar-refractivity contribution in [1.82, 2.24) is 9.36 Å². The Hall–Kier alpha value is -4.35. The third-order valence-corrected chi connectivity index (χ3v) is 8.19. The van der Waals surface area contributed by atoms with Crippen molar-refractivity contribution in [2.24, 2.45) is 0 Å². The predicted molar refractivity (Wildman–Crippen MR) is 142 cm³/mol. The number of hydrogen-bond donors (Lipinski definition) is 0. The van der Waals surface area contributed by atoms with Crippen LogP contribution in [0.3, 0.4) is 0 Å². The number of hydrogen-bond acceptors (Lipinski definition) is 8.